The number of amides is 1. The zero-order valence-corrected chi connectivity index (χ0v) is 16.1. The summed E-state index contributed by atoms with van der Waals surface area (Å²) in [6, 6.07) is 5.47. The van der Waals surface area contributed by atoms with Gasteiger partial charge >= 0.3 is 6.18 Å². The molecule has 0 saturated carbocycles. The van der Waals surface area contributed by atoms with Crippen LogP contribution in [-0.4, -0.2) is 25.5 Å². The number of sulfonamides is 1. The normalized spacial score (nSPS) is 13.3. The number of benzene rings is 2. The Morgan fingerprint density at radius 1 is 1.10 bits per heavy atom. The zero-order chi connectivity index (χ0) is 22.0. The summed E-state index contributed by atoms with van der Waals surface area (Å²) in [4.78, 5) is 11.9. The van der Waals surface area contributed by atoms with Crippen molar-refractivity contribution in [2.24, 2.45) is 5.92 Å². The highest BCUT2D eigenvalue weighted by atomic mass is 32.2. The molecular weight excluding hydrogens is 416 g/mol. The molecule has 158 valence electrons. The highest BCUT2D eigenvalue weighted by Gasteiger charge is 2.35. The molecule has 2 rings (SSSR count). The van der Waals surface area contributed by atoms with Gasteiger partial charge in [0.2, 0.25) is 15.9 Å². The summed E-state index contributed by atoms with van der Waals surface area (Å²) in [6.07, 6.45) is -4.85. The third kappa shape index (κ3) is 5.45. The largest absolute Gasteiger partial charge is 0.507 e. The van der Waals surface area contributed by atoms with Crippen LogP contribution in [0.3, 0.4) is 0 Å². The molecular formula is C18H18F4N2O4S. The van der Waals surface area contributed by atoms with Crippen molar-refractivity contribution < 1.29 is 35.9 Å². The molecule has 2 aromatic carbocycles. The standard InChI is InChI=1S/C18H18F4N2O4S/c1-10(2)16(24-29(27,28)15-6-4-3-5-13(15)19)17(26)23-11-7-8-14(25)12(9-11)18(20,21)22/h3-10,16,24-25H,1-2H3,(H,23,26)/t16-/m0/s1. The number of carbonyl (C=O) groups excluding carboxylic acids is 1. The molecule has 0 unspecified atom stereocenters. The molecule has 3 N–H and O–H groups in total. The molecule has 0 radical (unpaired) electrons. The van der Waals surface area contributed by atoms with Crippen LogP contribution < -0.4 is 10.0 Å². The summed E-state index contributed by atoms with van der Waals surface area (Å²) in [5.74, 6) is -3.60. The van der Waals surface area contributed by atoms with Crippen LogP contribution >= 0.6 is 0 Å². The van der Waals surface area contributed by atoms with Crippen molar-refractivity contribution in [2.75, 3.05) is 5.32 Å². The smallest absolute Gasteiger partial charge is 0.420 e. The van der Waals surface area contributed by atoms with E-state index < -0.39 is 56.1 Å². The number of alkyl halides is 3. The lowest BCUT2D eigenvalue weighted by molar-refractivity contribution is -0.138. The van der Waals surface area contributed by atoms with Gasteiger partial charge in [0.15, 0.2) is 0 Å². The van der Waals surface area contributed by atoms with Crippen molar-refractivity contribution in [3.63, 3.8) is 0 Å². The van der Waals surface area contributed by atoms with Crippen molar-refractivity contribution in [3.05, 3.63) is 53.8 Å². The predicted octanol–water partition coefficient (Wildman–Crippen LogP) is 3.49. The van der Waals surface area contributed by atoms with Gasteiger partial charge in [-0.2, -0.15) is 17.9 Å². The zero-order valence-electron chi connectivity index (χ0n) is 15.3. The van der Waals surface area contributed by atoms with Crippen LogP contribution in [0.25, 0.3) is 0 Å². The van der Waals surface area contributed by atoms with E-state index in [0.717, 1.165) is 24.3 Å². The molecule has 2 aromatic rings. The van der Waals surface area contributed by atoms with E-state index in [2.05, 4.69) is 10.0 Å². The minimum atomic E-state index is -4.85. The van der Waals surface area contributed by atoms with Gasteiger partial charge in [-0.3, -0.25) is 4.79 Å². The fraction of sp³-hybridized carbons (Fsp3) is 0.278. The van der Waals surface area contributed by atoms with Gasteiger partial charge in [0.05, 0.1) is 5.56 Å². The molecule has 0 aliphatic heterocycles. The second kappa shape index (κ2) is 8.37. The molecule has 0 saturated heterocycles. The maximum Gasteiger partial charge on any atom is 0.420 e. The molecule has 6 nitrogen and oxygen atoms in total. The first kappa shape index (κ1) is 22.6. The van der Waals surface area contributed by atoms with Crippen molar-refractivity contribution in [1.82, 2.24) is 4.72 Å². The van der Waals surface area contributed by atoms with E-state index in [-0.39, 0.29) is 5.69 Å². The van der Waals surface area contributed by atoms with Crippen molar-refractivity contribution in [1.29, 1.82) is 0 Å². The maximum atomic E-state index is 13.8. The number of phenols is 1. The molecule has 0 heterocycles. The first-order chi connectivity index (χ1) is 13.3. The van der Waals surface area contributed by atoms with Crippen LogP contribution in [0.5, 0.6) is 5.75 Å². The molecule has 0 bridgehead atoms. The van der Waals surface area contributed by atoms with Gasteiger partial charge in [-0.05, 0) is 36.2 Å². The SMILES string of the molecule is CC(C)[C@H](NS(=O)(=O)c1ccccc1F)C(=O)Nc1ccc(O)c(C(F)(F)F)c1. The summed E-state index contributed by atoms with van der Waals surface area (Å²) < 4.78 is 79.5. The first-order valence-electron chi connectivity index (χ1n) is 8.31. The number of aromatic hydroxyl groups is 1. The number of nitrogens with one attached hydrogen (secondary N) is 2. The number of hydrogen-bond acceptors (Lipinski definition) is 4. The van der Waals surface area contributed by atoms with Gasteiger partial charge in [0.25, 0.3) is 0 Å². The fourth-order valence-corrected chi connectivity index (χ4v) is 3.87. The van der Waals surface area contributed by atoms with Crippen LogP contribution in [0, 0.1) is 11.7 Å². The summed E-state index contributed by atoms with van der Waals surface area (Å²) in [7, 11) is -4.42. The predicted molar refractivity (Wildman–Crippen MR) is 97.1 cm³/mol. The van der Waals surface area contributed by atoms with Crippen LogP contribution in [-0.2, 0) is 21.0 Å². The first-order valence-corrected chi connectivity index (χ1v) is 9.79. The molecule has 0 aromatic heterocycles. The van der Waals surface area contributed by atoms with E-state index in [0.29, 0.717) is 6.07 Å². The second-order valence-electron chi connectivity index (χ2n) is 6.49. The minimum absolute atomic E-state index is 0.295. The third-order valence-corrected chi connectivity index (χ3v) is 5.40. The summed E-state index contributed by atoms with van der Waals surface area (Å²) >= 11 is 0. The Morgan fingerprint density at radius 2 is 1.72 bits per heavy atom. The van der Waals surface area contributed by atoms with Gasteiger partial charge in [-0.15, -0.1) is 0 Å². The van der Waals surface area contributed by atoms with E-state index in [1.807, 2.05) is 0 Å². The van der Waals surface area contributed by atoms with Crippen LogP contribution in [0.2, 0.25) is 0 Å². The Kier molecular flexibility index (Phi) is 6.53. The highest BCUT2D eigenvalue weighted by Crippen LogP contribution is 2.37. The lowest BCUT2D eigenvalue weighted by Crippen LogP contribution is -2.47. The molecule has 0 spiro atoms. The average molecular weight is 434 g/mol. The third-order valence-electron chi connectivity index (χ3n) is 3.93. The topological polar surface area (TPSA) is 95.5 Å². The lowest BCUT2D eigenvalue weighted by Gasteiger charge is -2.22. The number of phenolic OH excluding ortho intramolecular Hbond substituents is 1. The van der Waals surface area contributed by atoms with Gasteiger partial charge in [-0.25, -0.2) is 12.8 Å². The van der Waals surface area contributed by atoms with Gasteiger partial charge < -0.3 is 10.4 Å². The van der Waals surface area contributed by atoms with Crippen molar-refractivity contribution in [2.45, 2.75) is 31.0 Å². The Morgan fingerprint density at radius 3 is 2.28 bits per heavy atom. The Labute approximate surface area is 164 Å². The maximum absolute atomic E-state index is 13.8. The molecule has 0 aliphatic rings. The molecule has 11 heteroatoms. The fourth-order valence-electron chi connectivity index (χ4n) is 2.45. The van der Waals surface area contributed by atoms with Crippen LogP contribution in [0.4, 0.5) is 23.2 Å². The number of rotatable bonds is 6. The van der Waals surface area contributed by atoms with E-state index in [4.69, 9.17) is 0 Å². The lowest BCUT2D eigenvalue weighted by atomic mass is 10.0. The Hall–Kier alpha value is -2.66. The quantitative estimate of drug-likeness (QED) is 0.479. The van der Waals surface area contributed by atoms with Gasteiger partial charge in [0.1, 0.15) is 22.5 Å². The van der Waals surface area contributed by atoms with E-state index in [1.165, 1.54) is 26.0 Å². The van der Waals surface area contributed by atoms with Gasteiger partial charge in [-0.1, -0.05) is 26.0 Å². The summed E-state index contributed by atoms with van der Waals surface area (Å²) in [6.45, 7) is 3.01. The Bertz CT molecular complexity index is 1010. The van der Waals surface area contributed by atoms with Crippen LogP contribution in [0.15, 0.2) is 47.4 Å². The second-order valence-corrected chi connectivity index (χ2v) is 8.17. The van der Waals surface area contributed by atoms with E-state index in [1.54, 1.807) is 0 Å². The van der Waals surface area contributed by atoms with Crippen molar-refractivity contribution in [3.8, 4) is 5.75 Å². The summed E-state index contributed by atoms with van der Waals surface area (Å²) in [5, 5.41) is 11.5. The molecule has 1 amide bonds. The van der Waals surface area contributed by atoms with E-state index >= 15 is 0 Å². The minimum Gasteiger partial charge on any atom is -0.507 e. The molecule has 29 heavy (non-hydrogen) atoms. The molecule has 0 aliphatic carbocycles. The number of anilines is 1. The number of hydrogen-bond donors (Lipinski definition) is 3. The highest BCUT2D eigenvalue weighted by molar-refractivity contribution is 7.89. The van der Waals surface area contributed by atoms with E-state index in [9.17, 15) is 35.9 Å². The van der Waals surface area contributed by atoms with Crippen molar-refractivity contribution >= 4 is 21.6 Å². The van der Waals surface area contributed by atoms with Gasteiger partial charge in [0, 0.05) is 5.69 Å². The molecule has 1 atom stereocenters. The number of carbonyl (C=O) groups is 1. The Balaban J connectivity index is 2.28. The monoisotopic (exact) mass is 434 g/mol. The van der Waals surface area contributed by atoms with Crippen LogP contribution in [0.1, 0.15) is 19.4 Å². The number of halogens is 4. The summed E-state index contributed by atoms with van der Waals surface area (Å²) in [5.41, 5.74) is -1.65. The average Bonchev–Trinajstić information content (AvgIpc) is 2.60. The molecule has 0 fully saturated rings.